The van der Waals surface area contributed by atoms with Gasteiger partial charge in [0.1, 0.15) is 36.8 Å². The molecule has 0 saturated carbocycles. The highest BCUT2D eigenvalue weighted by atomic mass is 32.2. The minimum atomic E-state index is -4.60. The molecule has 6 unspecified atom stereocenters. The Balaban J connectivity index is 2.31. The second-order valence-corrected chi connectivity index (χ2v) is 21.8. The maximum Gasteiger partial charge on any atom is 0.306 e. The van der Waals surface area contributed by atoms with Gasteiger partial charge in [-0.1, -0.05) is 238 Å². The Kier molecular flexibility index (Phi) is 43.8. The molecule has 0 amide bonds. The number of carbonyl (C=O) groups is 2. The van der Waals surface area contributed by atoms with Crippen LogP contribution in [0.3, 0.4) is 0 Å². The number of aliphatic hydroxyl groups excluding tert-OH is 3. The van der Waals surface area contributed by atoms with Crippen LogP contribution in [-0.4, -0.2) is 96.0 Å². The van der Waals surface area contributed by atoms with Gasteiger partial charge in [0.2, 0.25) is 0 Å². The Morgan fingerprint density at radius 2 is 0.826 bits per heavy atom. The molecule has 0 spiro atoms. The second kappa shape index (κ2) is 46.2. The SMILES string of the molecule is CCCCCCCCCC/C=C\CCCCCCCCCCCC(=O)OC(COC(=O)CCCCCCCCCCCCCCCCCCCCCC)COC1OC(CS(=O)(=O)O)C(O)C(O)C1O. The normalized spacial score (nSPS) is 19.1. The van der Waals surface area contributed by atoms with Gasteiger partial charge in [-0.25, -0.2) is 0 Å². The van der Waals surface area contributed by atoms with Crippen molar-refractivity contribution in [2.24, 2.45) is 0 Å². The van der Waals surface area contributed by atoms with E-state index < -0.39 is 71.2 Å². The molecule has 408 valence electrons. The van der Waals surface area contributed by atoms with E-state index in [9.17, 15) is 37.9 Å². The summed E-state index contributed by atoms with van der Waals surface area (Å²) in [6, 6.07) is 0. The predicted molar refractivity (Wildman–Crippen MR) is 280 cm³/mol. The van der Waals surface area contributed by atoms with E-state index >= 15 is 0 Å². The highest BCUT2D eigenvalue weighted by Crippen LogP contribution is 2.24. The molecule has 0 radical (unpaired) electrons. The molecule has 0 aromatic heterocycles. The number of unbranched alkanes of at least 4 members (excludes halogenated alkanes) is 36. The average Bonchev–Trinajstić information content (AvgIpc) is 3.32. The molecule has 69 heavy (non-hydrogen) atoms. The van der Waals surface area contributed by atoms with Crippen molar-refractivity contribution in [3.05, 3.63) is 12.2 Å². The van der Waals surface area contributed by atoms with Crippen LogP contribution < -0.4 is 0 Å². The van der Waals surface area contributed by atoms with Crippen LogP contribution in [0.2, 0.25) is 0 Å². The first-order valence-electron chi connectivity index (χ1n) is 28.7. The molecule has 0 aromatic carbocycles. The van der Waals surface area contributed by atoms with E-state index in [0.717, 1.165) is 38.5 Å². The number of ether oxygens (including phenoxy) is 4. The van der Waals surface area contributed by atoms with Crippen LogP contribution in [0.15, 0.2) is 12.2 Å². The zero-order chi connectivity index (χ0) is 50.5. The summed E-state index contributed by atoms with van der Waals surface area (Å²) in [7, 11) is -4.60. The monoisotopic (exact) mass is 1000 g/mol. The Morgan fingerprint density at radius 1 is 0.478 bits per heavy atom. The second-order valence-electron chi connectivity index (χ2n) is 20.3. The fraction of sp³-hybridized carbons (Fsp3) is 0.929. The lowest BCUT2D eigenvalue weighted by molar-refractivity contribution is -0.297. The van der Waals surface area contributed by atoms with Gasteiger partial charge in [0.25, 0.3) is 10.1 Å². The predicted octanol–water partition coefficient (Wildman–Crippen LogP) is 13.7. The topological polar surface area (TPSA) is 186 Å². The average molecular weight is 1000 g/mol. The van der Waals surface area contributed by atoms with Crippen LogP contribution >= 0.6 is 0 Å². The Labute approximate surface area is 422 Å². The maximum atomic E-state index is 12.9. The third kappa shape index (κ3) is 40.5. The van der Waals surface area contributed by atoms with Gasteiger partial charge in [-0.15, -0.1) is 0 Å². The third-order valence-corrected chi connectivity index (χ3v) is 14.3. The lowest BCUT2D eigenvalue weighted by Gasteiger charge is -2.40. The van der Waals surface area contributed by atoms with Gasteiger partial charge in [-0.2, -0.15) is 8.42 Å². The molecule has 1 rings (SSSR count). The van der Waals surface area contributed by atoms with Crippen LogP contribution in [0.5, 0.6) is 0 Å². The van der Waals surface area contributed by atoms with Crippen molar-refractivity contribution in [1.29, 1.82) is 0 Å². The van der Waals surface area contributed by atoms with Crippen LogP contribution in [-0.2, 0) is 38.7 Å². The van der Waals surface area contributed by atoms with Gasteiger partial charge in [0.05, 0.1) is 6.61 Å². The molecule has 6 atom stereocenters. The van der Waals surface area contributed by atoms with E-state index in [-0.39, 0.29) is 19.4 Å². The van der Waals surface area contributed by atoms with E-state index in [2.05, 4.69) is 26.0 Å². The molecule has 1 heterocycles. The number of carbonyl (C=O) groups excluding carboxylic acids is 2. The fourth-order valence-corrected chi connectivity index (χ4v) is 9.84. The highest BCUT2D eigenvalue weighted by molar-refractivity contribution is 7.85. The molecule has 13 heteroatoms. The zero-order valence-electron chi connectivity index (χ0n) is 44.2. The van der Waals surface area contributed by atoms with Crippen molar-refractivity contribution in [2.45, 2.75) is 314 Å². The Morgan fingerprint density at radius 3 is 1.20 bits per heavy atom. The first kappa shape index (κ1) is 65.4. The van der Waals surface area contributed by atoms with Crippen molar-refractivity contribution in [3.8, 4) is 0 Å². The summed E-state index contributed by atoms with van der Waals surface area (Å²) in [6.45, 7) is 3.82. The summed E-state index contributed by atoms with van der Waals surface area (Å²) in [4.78, 5) is 25.6. The van der Waals surface area contributed by atoms with Crippen molar-refractivity contribution >= 4 is 22.1 Å². The van der Waals surface area contributed by atoms with Crippen molar-refractivity contribution in [2.75, 3.05) is 19.0 Å². The lowest BCUT2D eigenvalue weighted by atomic mass is 10.00. The summed E-state index contributed by atoms with van der Waals surface area (Å²) >= 11 is 0. The summed E-state index contributed by atoms with van der Waals surface area (Å²) in [5.74, 6) is -1.96. The van der Waals surface area contributed by atoms with Gasteiger partial charge < -0.3 is 34.3 Å². The Bertz CT molecular complexity index is 1310. The van der Waals surface area contributed by atoms with E-state index in [1.807, 2.05) is 0 Å². The van der Waals surface area contributed by atoms with E-state index in [1.54, 1.807) is 0 Å². The van der Waals surface area contributed by atoms with Crippen molar-refractivity contribution in [3.63, 3.8) is 0 Å². The standard InChI is InChI=1S/C56H106O12S/c1-3-5-7-9-11-13-15-17-19-21-23-25-27-29-31-33-35-37-39-41-43-45-52(58)67-49(47-66-56-55(61)54(60)53(59)50(68-56)48-69(62,63)64)46-65-51(57)44-42-40-38-36-34-32-30-28-26-24-22-20-18-16-14-12-10-8-6-4-2/h21,23,49-50,53-56,59-61H,3-20,22,24-48H2,1-2H3,(H,62,63,64)/b23-21-. The molecule has 0 bridgehead atoms. The Hall–Kier alpha value is -1.61. The molecule has 0 aromatic rings. The van der Waals surface area contributed by atoms with Gasteiger partial charge in [-0.05, 0) is 38.5 Å². The third-order valence-electron chi connectivity index (χ3n) is 13.6. The number of esters is 2. The van der Waals surface area contributed by atoms with Gasteiger partial charge in [0.15, 0.2) is 12.4 Å². The number of hydrogen-bond donors (Lipinski definition) is 4. The van der Waals surface area contributed by atoms with Crippen LogP contribution in [0, 0.1) is 0 Å². The van der Waals surface area contributed by atoms with Crippen molar-refractivity contribution < 1.29 is 56.8 Å². The maximum absolute atomic E-state index is 12.9. The molecule has 1 aliphatic rings. The van der Waals surface area contributed by atoms with Crippen LogP contribution in [0.1, 0.15) is 277 Å². The lowest BCUT2D eigenvalue weighted by Crippen LogP contribution is -2.60. The quantitative estimate of drug-likeness (QED) is 0.0196. The molecule has 1 fully saturated rings. The first-order chi connectivity index (χ1) is 33.5. The number of aliphatic hydroxyl groups is 3. The summed E-state index contributed by atoms with van der Waals surface area (Å²) < 4.78 is 54.4. The van der Waals surface area contributed by atoms with Crippen LogP contribution in [0.4, 0.5) is 0 Å². The molecule has 1 aliphatic heterocycles. The van der Waals surface area contributed by atoms with Crippen molar-refractivity contribution in [1.82, 2.24) is 0 Å². The van der Waals surface area contributed by atoms with Gasteiger partial charge in [0, 0.05) is 12.8 Å². The number of hydrogen-bond acceptors (Lipinski definition) is 11. The molecular weight excluding hydrogens is 897 g/mol. The number of allylic oxidation sites excluding steroid dienone is 2. The van der Waals surface area contributed by atoms with Gasteiger partial charge in [-0.3, -0.25) is 14.1 Å². The first-order valence-corrected chi connectivity index (χ1v) is 30.4. The molecule has 12 nitrogen and oxygen atoms in total. The van der Waals surface area contributed by atoms with E-state index in [0.29, 0.717) is 12.8 Å². The minimum absolute atomic E-state index is 0.167. The molecule has 0 aliphatic carbocycles. The van der Waals surface area contributed by atoms with E-state index in [4.69, 9.17) is 18.9 Å². The number of rotatable bonds is 50. The smallest absolute Gasteiger partial charge is 0.306 e. The molecule has 1 saturated heterocycles. The summed E-state index contributed by atoms with van der Waals surface area (Å²) in [6.07, 6.45) is 43.9. The van der Waals surface area contributed by atoms with E-state index in [1.165, 1.54) is 199 Å². The fourth-order valence-electron chi connectivity index (χ4n) is 9.15. The summed E-state index contributed by atoms with van der Waals surface area (Å²) in [5.41, 5.74) is 0. The summed E-state index contributed by atoms with van der Waals surface area (Å²) in [5, 5.41) is 31.0. The zero-order valence-corrected chi connectivity index (χ0v) is 45.0. The highest BCUT2D eigenvalue weighted by Gasteiger charge is 2.46. The minimum Gasteiger partial charge on any atom is -0.462 e. The van der Waals surface area contributed by atoms with Gasteiger partial charge >= 0.3 is 11.9 Å². The molecule has 4 N–H and O–H groups in total. The largest absolute Gasteiger partial charge is 0.462 e. The molecular formula is C56H106O12S. The van der Waals surface area contributed by atoms with Crippen LogP contribution in [0.25, 0.3) is 0 Å².